The molecule has 2 heteroatoms. The van der Waals surface area contributed by atoms with Crippen LogP contribution in [0.15, 0.2) is 0 Å². The number of nitrogens with zero attached hydrogens (tertiary/aromatic N) is 1. The average molecular weight is 310 g/mol. The van der Waals surface area contributed by atoms with Crippen LogP contribution >= 0.6 is 0 Å². The minimum atomic E-state index is 0.399. The Hall–Kier alpha value is -0.530. The fourth-order valence-corrected chi connectivity index (χ4v) is 3.44. The molecule has 1 aliphatic heterocycles. The molecule has 1 amide bonds. The molecular weight excluding hydrogens is 270 g/mol. The zero-order valence-corrected chi connectivity index (χ0v) is 15.4. The Balaban J connectivity index is 1.95. The van der Waals surface area contributed by atoms with Gasteiger partial charge in [-0.3, -0.25) is 4.79 Å². The first-order chi connectivity index (χ1) is 10.6. The molecule has 1 fully saturated rings. The molecule has 0 aromatic rings. The van der Waals surface area contributed by atoms with Gasteiger partial charge in [-0.1, -0.05) is 72.1 Å². The van der Waals surface area contributed by atoms with E-state index in [1.807, 2.05) is 0 Å². The van der Waals surface area contributed by atoms with Crippen molar-refractivity contribution in [3.63, 3.8) is 0 Å². The Morgan fingerprint density at radius 1 is 0.864 bits per heavy atom. The van der Waals surface area contributed by atoms with Gasteiger partial charge in [-0.25, -0.2) is 0 Å². The molecule has 0 spiro atoms. The van der Waals surface area contributed by atoms with Gasteiger partial charge in [0.15, 0.2) is 0 Å². The van der Waals surface area contributed by atoms with Gasteiger partial charge in [0, 0.05) is 19.5 Å². The van der Waals surface area contributed by atoms with E-state index in [1.54, 1.807) is 0 Å². The number of rotatable bonds is 11. The fraction of sp³-hybridized carbons (Fsp3) is 0.950. The Morgan fingerprint density at radius 2 is 1.59 bits per heavy atom. The normalized spacial score (nSPS) is 17.8. The van der Waals surface area contributed by atoms with Crippen molar-refractivity contribution in [2.45, 2.75) is 97.8 Å². The van der Waals surface area contributed by atoms with E-state index in [4.69, 9.17) is 0 Å². The summed E-state index contributed by atoms with van der Waals surface area (Å²) >= 11 is 0. The van der Waals surface area contributed by atoms with Crippen molar-refractivity contribution < 1.29 is 4.79 Å². The third kappa shape index (κ3) is 9.48. The summed E-state index contributed by atoms with van der Waals surface area (Å²) in [5.41, 5.74) is 0. The van der Waals surface area contributed by atoms with E-state index in [9.17, 15) is 4.79 Å². The number of hydrogen-bond donors (Lipinski definition) is 0. The molecule has 1 atom stereocenters. The molecule has 0 saturated carbocycles. The Labute approximate surface area is 139 Å². The monoisotopic (exact) mass is 309 g/mol. The van der Waals surface area contributed by atoms with Crippen molar-refractivity contribution >= 4 is 5.91 Å². The van der Waals surface area contributed by atoms with Crippen LogP contribution in [0.4, 0.5) is 0 Å². The second-order valence-electron chi connectivity index (χ2n) is 7.82. The number of carbonyl (C=O) groups excluding carboxylic acids is 1. The van der Waals surface area contributed by atoms with Gasteiger partial charge in [-0.05, 0) is 31.1 Å². The molecule has 1 aliphatic rings. The largest absolute Gasteiger partial charge is 0.343 e. The SMILES string of the molecule is CC(C)CCCC(C)CCCCCCN1CCCCCC1=O. The number of carbonyl (C=O) groups is 1. The van der Waals surface area contributed by atoms with Crippen LogP contribution < -0.4 is 0 Å². The topological polar surface area (TPSA) is 20.3 Å². The number of hydrogen-bond acceptors (Lipinski definition) is 1. The lowest BCUT2D eigenvalue weighted by Crippen LogP contribution is -2.31. The second-order valence-corrected chi connectivity index (χ2v) is 7.82. The first kappa shape index (κ1) is 19.5. The zero-order valence-electron chi connectivity index (χ0n) is 15.4. The van der Waals surface area contributed by atoms with E-state index < -0.39 is 0 Å². The summed E-state index contributed by atoms with van der Waals surface area (Å²) < 4.78 is 0. The van der Waals surface area contributed by atoms with Gasteiger partial charge in [0.2, 0.25) is 5.91 Å². The van der Waals surface area contributed by atoms with Gasteiger partial charge in [0.25, 0.3) is 0 Å². The molecule has 1 rings (SSSR count). The Morgan fingerprint density at radius 3 is 2.36 bits per heavy atom. The van der Waals surface area contributed by atoms with Crippen molar-refractivity contribution in [1.29, 1.82) is 0 Å². The molecule has 1 saturated heterocycles. The third-order valence-electron chi connectivity index (χ3n) is 5.02. The minimum Gasteiger partial charge on any atom is -0.343 e. The molecule has 2 nitrogen and oxygen atoms in total. The average Bonchev–Trinajstić information content (AvgIpc) is 2.67. The van der Waals surface area contributed by atoms with Crippen LogP contribution in [0.25, 0.3) is 0 Å². The molecular formula is C20H39NO. The Kier molecular flexibility index (Phi) is 10.6. The highest BCUT2D eigenvalue weighted by Crippen LogP contribution is 2.18. The van der Waals surface area contributed by atoms with E-state index in [0.29, 0.717) is 5.91 Å². The number of likely N-dealkylation sites (tertiary alicyclic amines) is 1. The lowest BCUT2D eigenvalue weighted by molar-refractivity contribution is -0.130. The van der Waals surface area contributed by atoms with E-state index in [1.165, 1.54) is 64.2 Å². The first-order valence-corrected chi connectivity index (χ1v) is 9.87. The highest BCUT2D eigenvalue weighted by atomic mass is 16.2. The highest BCUT2D eigenvalue weighted by Gasteiger charge is 2.15. The van der Waals surface area contributed by atoms with Crippen molar-refractivity contribution in [3.8, 4) is 0 Å². The predicted octanol–water partition coefficient (Wildman–Crippen LogP) is 5.80. The standard InChI is InChI=1S/C20H39NO/c1-18(2)12-11-14-19(3)13-7-4-5-9-16-21-17-10-6-8-15-20(21)22/h18-19H,4-17H2,1-3H3. The quantitative estimate of drug-likeness (QED) is 0.441. The molecule has 0 aromatic carbocycles. The van der Waals surface area contributed by atoms with Gasteiger partial charge >= 0.3 is 0 Å². The summed E-state index contributed by atoms with van der Waals surface area (Å²) in [5, 5.41) is 0. The van der Waals surface area contributed by atoms with Gasteiger partial charge in [0.1, 0.15) is 0 Å². The maximum atomic E-state index is 11.9. The van der Waals surface area contributed by atoms with E-state index in [2.05, 4.69) is 25.7 Å². The molecule has 0 aromatic heterocycles. The van der Waals surface area contributed by atoms with Gasteiger partial charge in [-0.15, -0.1) is 0 Å². The zero-order chi connectivity index (χ0) is 16.2. The minimum absolute atomic E-state index is 0.399. The predicted molar refractivity (Wildman–Crippen MR) is 96.0 cm³/mol. The van der Waals surface area contributed by atoms with Crippen molar-refractivity contribution in [2.24, 2.45) is 11.8 Å². The van der Waals surface area contributed by atoms with E-state index >= 15 is 0 Å². The number of unbranched alkanes of at least 4 members (excludes halogenated alkanes) is 3. The highest BCUT2D eigenvalue weighted by molar-refractivity contribution is 5.76. The van der Waals surface area contributed by atoms with Crippen molar-refractivity contribution in [2.75, 3.05) is 13.1 Å². The Bertz CT molecular complexity index is 287. The van der Waals surface area contributed by atoms with E-state index in [0.717, 1.165) is 37.8 Å². The maximum absolute atomic E-state index is 11.9. The number of amides is 1. The van der Waals surface area contributed by atoms with Crippen LogP contribution in [-0.2, 0) is 4.79 Å². The smallest absolute Gasteiger partial charge is 0.222 e. The van der Waals surface area contributed by atoms with Crippen molar-refractivity contribution in [3.05, 3.63) is 0 Å². The molecule has 0 aliphatic carbocycles. The van der Waals surface area contributed by atoms with Crippen LogP contribution in [-0.4, -0.2) is 23.9 Å². The second kappa shape index (κ2) is 12.0. The van der Waals surface area contributed by atoms with Crippen LogP contribution in [0.3, 0.4) is 0 Å². The molecule has 1 heterocycles. The molecule has 22 heavy (non-hydrogen) atoms. The lowest BCUT2D eigenvalue weighted by Gasteiger charge is -2.20. The van der Waals surface area contributed by atoms with Crippen LogP contribution in [0.5, 0.6) is 0 Å². The van der Waals surface area contributed by atoms with Gasteiger partial charge in [-0.2, -0.15) is 0 Å². The lowest BCUT2D eigenvalue weighted by atomic mass is 9.95. The fourth-order valence-electron chi connectivity index (χ4n) is 3.44. The van der Waals surface area contributed by atoms with Crippen molar-refractivity contribution in [1.82, 2.24) is 4.90 Å². The van der Waals surface area contributed by atoms with Gasteiger partial charge in [0.05, 0.1) is 0 Å². The van der Waals surface area contributed by atoms with Crippen LogP contribution in [0.1, 0.15) is 97.8 Å². The van der Waals surface area contributed by atoms with Crippen LogP contribution in [0, 0.1) is 11.8 Å². The van der Waals surface area contributed by atoms with Crippen LogP contribution in [0.2, 0.25) is 0 Å². The summed E-state index contributed by atoms with van der Waals surface area (Å²) in [6.07, 6.45) is 15.1. The summed E-state index contributed by atoms with van der Waals surface area (Å²) in [6, 6.07) is 0. The molecule has 1 unspecified atom stereocenters. The third-order valence-corrected chi connectivity index (χ3v) is 5.02. The summed E-state index contributed by atoms with van der Waals surface area (Å²) in [4.78, 5) is 14.0. The maximum Gasteiger partial charge on any atom is 0.222 e. The molecule has 0 bridgehead atoms. The molecule has 130 valence electrons. The van der Waals surface area contributed by atoms with E-state index in [-0.39, 0.29) is 0 Å². The first-order valence-electron chi connectivity index (χ1n) is 9.87. The summed E-state index contributed by atoms with van der Waals surface area (Å²) in [6.45, 7) is 9.06. The summed E-state index contributed by atoms with van der Waals surface area (Å²) in [5.74, 6) is 2.15. The molecule has 0 N–H and O–H groups in total. The molecule has 0 radical (unpaired) electrons. The van der Waals surface area contributed by atoms with Gasteiger partial charge < -0.3 is 4.90 Å². The summed E-state index contributed by atoms with van der Waals surface area (Å²) in [7, 11) is 0.